The number of aryl methyl sites for hydroxylation is 2. The van der Waals surface area contributed by atoms with Crippen LogP contribution in [0.3, 0.4) is 0 Å². The fraction of sp³-hybridized carbons (Fsp3) is 0.286. The summed E-state index contributed by atoms with van der Waals surface area (Å²) in [6, 6.07) is 14.3. The van der Waals surface area contributed by atoms with Gasteiger partial charge in [0.25, 0.3) is 5.91 Å². The van der Waals surface area contributed by atoms with Crippen LogP contribution >= 0.6 is 0 Å². The fourth-order valence-electron chi connectivity index (χ4n) is 3.74. The molecule has 1 aliphatic rings. The second-order valence-corrected chi connectivity index (χ2v) is 6.89. The zero-order chi connectivity index (χ0) is 19.0. The van der Waals surface area contributed by atoms with E-state index in [1.54, 1.807) is 28.6 Å². The molecule has 2 aromatic carbocycles. The third kappa shape index (κ3) is 3.23. The van der Waals surface area contributed by atoms with Crippen LogP contribution in [0.1, 0.15) is 46.5 Å². The molecule has 1 aromatic heterocycles. The maximum Gasteiger partial charge on any atom is 0.293 e. The summed E-state index contributed by atoms with van der Waals surface area (Å²) in [6.45, 7) is 1.78. The molecular formula is C21H21FN4O. The summed E-state index contributed by atoms with van der Waals surface area (Å²) in [6.07, 6.45) is 3.03. The van der Waals surface area contributed by atoms with Crippen molar-refractivity contribution in [3.8, 4) is 5.69 Å². The van der Waals surface area contributed by atoms with E-state index in [0.717, 1.165) is 19.3 Å². The van der Waals surface area contributed by atoms with E-state index in [4.69, 9.17) is 0 Å². The summed E-state index contributed by atoms with van der Waals surface area (Å²) in [5.41, 5.74) is 3.18. The Bertz CT molecular complexity index is 980. The van der Waals surface area contributed by atoms with Crippen molar-refractivity contribution < 1.29 is 9.18 Å². The van der Waals surface area contributed by atoms with E-state index in [0.29, 0.717) is 11.5 Å². The van der Waals surface area contributed by atoms with Crippen LogP contribution in [0.2, 0.25) is 0 Å². The van der Waals surface area contributed by atoms with Crippen LogP contribution < -0.4 is 0 Å². The number of hydrogen-bond acceptors (Lipinski definition) is 3. The van der Waals surface area contributed by atoms with Crippen LogP contribution in [0.25, 0.3) is 5.69 Å². The molecule has 1 aliphatic carbocycles. The molecule has 0 saturated carbocycles. The summed E-state index contributed by atoms with van der Waals surface area (Å²) < 4.78 is 14.7. The molecule has 138 valence electrons. The molecule has 0 spiro atoms. The first-order valence-electron chi connectivity index (χ1n) is 9.09. The molecule has 0 radical (unpaired) electrons. The molecule has 1 atom stereocenters. The van der Waals surface area contributed by atoms with Crippen molar-refractivity contribution >= 4 is 5.91 Å². The van der Waals surface area contributed by atoms with Crippen LogP contribution in [-0.4, -0.2) is 32.6 Å². The first-order chi connectivity index (χ1) is 13.0. The van der Waals surface area contributed by atoms with Gasteiger partial charge in [-0.25, -0.2) is 14.1 Å². The first-order valence-corrected chi connectivity index (χ1v) is 9.09. The second kappa shape index (κ2) is 6.95. The van der Waals surface area contributed by atoms with Crippen molar-refractivity contribution in [3.05, 3.63) is 77.1 Å². The number of nitrogens with zero attached hydrogens (tertiary/aromatic N) is 4. The van der Waals surface area contributed by atoms with Gasteiger partial charge in [-0.3, -0.25) is 4.79 Å². The number of carbonyl (C=O) groups excluding carboxylic acids is 1. The summed E-state index contributed by atoms with van der Waals surface area (Å²) in [5.74, 6) is 0.217. The molecule has 0 fully saturated rings. The van der Waals surface area contributed by atoms with Gasteiger partial charge in [0.15, 0.2) is 0 Å². The van der Waals surface area contributed by atoms with Gasteiger partial charge >= 0.3 is 0 Å². The van der Waals surface area contributed by atoms with Crippen LogP contribution in [0.15, 0.2) is 48.5 Å². The Morgan fingerprint density at radius 2 is 1.93 bits per heavy atom. The van der Waals surface area contributed by atoms with Crippen molar-refractivity contribution in [1.29, 1.82) is 0 Å². The molecule has 1 unspecified atom stereocenters. The Labute approximate surface area is 157 Å². The zero-order valence-electron chi connectivity index (χ0n) is 15.4. The van der Waals surface area contributed by atoms with E-state index in [1.807, 2.05) is 19.2 Å². The Hall–Kier alpha value is -3.02. The highest BCUT2D eigenvalue weighted by Crippen LogP contribution is 2.33. The summed E-state index contributed by atoms with van der Waals surface area (Å²) in [4.78, 5) is 19.1. The van der Waals surface area contributed by atoms with E-state index in [-0.39, 0.29) is 23.6 Å². The van der Waals surface area contributed by atoms with Crippen molar-refractivity contribution in [1.82, 2.24) is 19.7 Å². The van der Waals surface area contributed by atoms with E-state index >= 15 is 0 Å². The maximum absolute atomic E-state index is 13.2. The number of halogens is 1. The highest BCUT2D eigenvalue weighted by molar-refractivity contribution is 5.90. The highest BCUT2D eigenvalue weighted by atomic mass is 19.1. The monoisotopic (exact) mass is 364 g/mol. The SMILES string of the molecule is Cc1nc(C(=O)N(C)C2CCCc3ccccc32)nn1-c1ccc(F)cc1. The molecule has 1 amide bonds. The van der Waals surface area contributed by atoms with E-state index in [9.17, 15) is 9.18 Å². The molecule has 0 aliphatic heterocycles. The normalized spacial score (nSPS) is 16.0. The fourth-order valence-corrected chi connectivity index (χ4v) is 3.74. The van der Waals surface area contributed by atoms with Gasteiger partial charge < -0.3 is 4.90 Å². The van der Waals surface area contributed by atoms with Gasteiger partial charge in [0.1, 0.15) is 11.6 Å². The summed E-state index contributed by atoms with van der Waals surface area (Å²) in [7, 11) is 1.81. The van der Waals surface area contributed by atoms with Gasteiger partial charge in [0.05, 0.1) is 11.7 Å². The molecule has 0 N–H and O–H groups in total. The largest absolute Gasteiger partial charge is 0.332 e. The molecule has 0 bridgehead atoms. The van der Waals surface area contributed by atoms with Gasteiger partial charge in [-0.05, 0) is 61.6 Å². The lowest BCUT2D eigenvalue weighted by atomic mass is 9.87. The van der Waals surface area contributed by atoms with Gasteiger partial charge in [-0.2, -0.15) is 0 Å². The second-order valence-electron chi connectivity index (χ2n) is 6.89. The zero-order valence-corrected chi connectivity index (χ0v) is 15.4. The highest BCUT2D eigenvalue weighted by Gasteiger charge is 2.29. The molecular weight excluding hydrogens is 343 g/mol. The minimum Gasteiger partial charge on any atom is -0.332 e. The Kier molecular flexibility index (Phi) is 4.48. The van der Waals surface area contributed by atoms with Gasteiger partial charge in [-0.15, -0.1) is 5.10 Å². The van der Waals surface area contributed by atoms with Crippen LogP contribution in [-0.2, 0) is 6.42 Å². The summed E-state index contributed by atoms with van der Waals surface area (Å²) >= 11 is 0. The van der Waals surface area contributed by atoms with E-state index < -0.39 is 0 Å². The number of aromatic nitrogens is 3. The molecule has 6 heteroatoms. The lowest BCUT2D eigenvalue weighted by Gasteiger charge is -2.32. The average Bonchev–Trinajstić information content (AvgIpc) is 3.08. The third-order valence-electron chi connectivity index (χ3n) is 5.16. The number of benzene rings is 2. The molecule has 4 rings (SSSR count). The average molecular weight is 364 g/mol. The van der Waals surface area contributed by atoms with E-state index in [2.05, 4.69) is 22.2 Å². The van der Waals surface area contributed by atoms with Crippen LogP contribution in [0.4, 0.5) is 4.39 Å². The first kappa shape index (κ1) is 17.4. The number of fused-ring (bicyclic) bond motifs is 1. The van der Waals surface area contributed by atoms with Crippen molar-refractivity contribution in [3.63, 3.8) is 0 Å². The van der Waals surface area contributed by atoms with Crippen molar-refractivity contribution in [2.45, 2.75) is 32.2 Å². The number of rotatable bonds is 3. The van der Waals surface area contributed by atoms with Crippen LogP contribution in [0, 0.1) is 12.7 Å². The quantitative estimate of drug-likeness (QED) is 0.709. The minimum absolute atomic E-state index is 0.0283. The van der Waals surface area contributed by atoms with E-state index in [1.165, 1.54) is 23.3 Å². The Morgan fingerprint density at radius 3 is 2.70 bits per heavy atom. The third-order valence-corrected chi connectivity index (χ3v) is 5.16. The molecule has 27 heavy (non-hydrogen) atoms. The standard InChI is InChI=1S/C21H21FN4O/c1-14-23-20(24-26(14)17-12-10-16(22)11-13-17)21(27)25(2)19-9-5-7-15-6-3-4-8-18(15)19/h3-4,6,8,10-13,19H,5,7,9H2,1-2H3. The topological polar surface area (TPSA) is 51.0 Å². The molecule has 0 saturated heterocycles. The predicted molar refractivity (Wildman–Crippen MR) is 100 cm³/mol. The maximum atomic E-state index is 13.2. The molecule has 5 nitrogen and oxygen atoms in total. The van der Waals surface area contributed by atoms with Gasteiger partial charge in [-0.1, -0.05) is 24.3 Å². The van der Waals surface area contributed by atoms with Gasteiger partial charge in [0, 0.05) is 7.05 Å². The summed E-state index contributed by atoms with van der Waals surface area (Å²) in [5, 5.41) is 4.37. The lowest BCUT2D eigenvalue weighted by molar-refractivity contribution is 0.0702. The number of amides is 1. The van der Waals surface area contributed by atoms with Gasteiger partial charge in [0.2, 0.25) is 5.82 Å². The van der Waals surface area contributed by atoms with Crippen molar-refractivity contribution in [2.75, 3.05) is 7.05 Å². The Balaban J connectivity index is 1.62. The Morgan fingerprint density at radius 1 is 1.19 bits per heavy atom. The lowest BCUT2D eigenvalue weighted by Crippen LogP contribution is -2.34. The number of carbonyl (C=O) groups is 1. The molecule has 3 aromatic rings. The molecule has 1 heterocycles. The predicted octanol–water partition coefficient (Wildman–Crippen LogP) is 3.86. The van der Waals surface area contributed by atoms with Crippen LogP contribution in [0.5, 0.6) is 0 Å². The van der Waals surface area contributed by atoms with Crippen molar-refractivity contribution in [2.24, 2.45) is 0 Å². The minimum atomic E-state index is -0.316. The smallest absolute Gasteiger partial charge is 0.293 e. The number of hydrogen-bond donors (Lipinski definition) is 0.